The highest BCUT2D eigenvalue weighted by Crippen LogP contribution is 2.26. The van der Waals surface area contributed by atoms with E-state index in [4.69, 9.17) is 5.73 Å². The Kier molecular flexibility index (Phi) is 3.50. The van der Waals surface area contributed by atoms with Crippen molar-refractivity contribution in [3.63, 3.8) is 0 Å². The molecular formula is C13H17N3O2. The molecule has 1 saturated carbocycles. The number of amides is 3. The Morgan fingerprint density at radius 3 is 2.44 bits per heavy atom. The summed E-state index contributed by atoms with van der Waals surface area (Å²) in [6, 6.07) is 7.06. The number of nitrogens with one attached hydrogen (secondary N) is 1. The number of benzene rings is 1. The van der Waals surface area contributed by atoms with Crippen molar-refractivity contribution in [3.8, 4) is 0 Å². The maximum Gasteiger partial charge on any atom is 0.312 e. The molecule has 2 rings (SSSR count). The van der Waals surface area contributed by atoms with Crippen LogP contribution >= 0.6 is 0 Å². The van der Waals surface area contributed by atoms with Crippen molar-refractivity contribution in [2.75, 3.05) is 7.05 Å². The summed E-state index contributed by atoms with van der Waals surface area (Å²) in [5.74, 6) is 0.0481. The molecule has 0 heterocycles. The van der Waals surface area contributed by atoms with Crippen molar-refractivity contribution in [1.82, 2.24) is 10.2 Å². The summed E-state index contributed by atoms with van der Waals surface area (Å²) >= 11 is 0. The second-order valence-electron chi connectivity index (χ2n) is 4.56. The first-order chi connectivity index (χ1) is 8.58. The zero-order valence-electron chi connectivity index (χ0n) is 10.3. The first-order valence-electron chi connectivity index (χ1n) is 5.97. The Hall–Kier alpha value is -2.04. The van der Waals surface area contributed by atoms with Crippen molar-refractivity contribution in [1.29, 1.82) is 0 Å². The Labute approximate surface area is 106 Å². The highest BCUT2D eigenvalue weighted by Gasteiger charge is 2.29. The van der Waals surface area contributed by atoms with E-state index in [0.29, 0.717) is 18.2 Å². The fraction of sp³-hybridized carbons (Fsp3) is 0.385. The third-order valence-electron chi connectivity index (χ3n) is 3.08. The average molecular weight is 247 g/mol. The van der Waals surface area contributed by atoms with Crippen LogP contribution in [0.2, 0.25) is 0 Å². The molecule has 1 aliphatic carbocycles. The maximum atomic E-state index is 12.0. The van der Waals surface area contributed by atoms with Gasteiger partial charge in [0.1, 0.15) is 0 Å². The van der Waals surface area contributed by atoms with Crippen molar-refractivity contribution in [3.05, 3.63) is 35.4 Å². The Morgan fingerprint density at radius 2 is 1.94 bits per heavy atom. The summed E-state index contributed by atoms with van der Waals surface area (Å²) in [5.41, 5.74) is 6.58. The molecular weight excluding hydrogens is 230 g/mol. The van der Waals surface area contributed by atoms with Gasteiger partial charge in [0.15, 0.2) is 0 Å². The highest BCUT2D eigenvalue weighted by atomic mass is 16.2. The lowest BCUT2D eigenvalue weighted by Gasteiger charge is -2.16. The summed E-state index contributed by atoms with van der Waals surface area (Å²) < 4.78 is 0. The number of primary amides is 1. The smallest absolute Gasteiger partial charge is 0.312 e. The lowest BCUT2D eigenvalue weighted by atomic mass is 10.1. The van der Waals surface area contributed by atoms with Gasteiger partial charge in [0.05, 0.1) is 0 Å². The minimum absolute atomic E-state index is 0.0481. The molecule has 1 aromatic carbocycles. The van der Waals surface area contributed by atoms with Crippen LogP contribution < -0.4 is 11.1 Å². The van der Waals surface area contributed by atoms with Crippen molar-refractivity contribution in [2.24, 2.45) is 5.73 Å². The predicted octanol–water partition coefficient (Wildman–Crippen LogP) is 1.09. The second-order valence-corrected chi connectivity index (χ2v) is 4.56. The molecule has 3 N–H and O–H groups in total. The van der Waals surface area contributed by atoms with Crippen LogP contribution in [0.3, 0.4) is 0 Å². The standard InChI is InChI=1S/C13H17N3O2/c1-16(11-6-7-11)12(17)10-4-2-9(3-5-10)8-15-13(14)18/h2-5,11H,6-8H2,1H3,(H3,14,15,18). The van der Waals surface area contributed by atoms with Crippen LogP contribution in [0.15, 0.2) is 24.3 Å². The predicted molar refractivity (Wildman–Crippen MR) is 68.0 cm³/mol. The number of carbonyl (C=O) groups excluding carboxylic acids is 2. The van der Waals surface area contributed by atoms with E-state index in [9.17, 15) is 9.59 Å². The zero-order chi connectivity index (χ0) is 13.1. The van der Waals surface area contributed by atoms with Crippen molar-refractivity contribution >= 4 is 11.9 Å². The summed E-state index contributed by atoms with van der Waals surface area (Å²) in [4.78, 5) is 24.4. The van der Waals surface area contributed by atoms with Gasteiger partial charge in [0.2, 0.25) is 0 Å². The lowest BCUT2D eigenvalue weighted by Crippen LogP contribution is -2.29. The van der Waals surface area contributed by atoms with E-state index in [0.717, 1.165) is 18.4 Å². The van der Waals surface area contributed by atoms with Gasteiger partial charge < -0.3 is 16.0 Å². The minimum Gasteiger partial charge on any atom is -0.352 e. The summed E-state index contributed by atoms with van der Waals surface area (Å²) in [6.45, 7) is 0.377. The minimum atomic E-state index is -0.552. The van der Waals surface area contributed by atoms with Gasteiger partial charge in [-0.15, -0.1) is 0 Å². The maximum absolute atomic E-state index is 12.0. The van der Waals surface area contributed by atoms with E-state index in [1.807, 2.05) is 19.2 Å². The van der Waals surface area contributed by atoms with Gasteiger partial charge in [0, 0.05) is 25.2 Å². The normalized spacial score (nSPS) is 14.1. The molecule has 0 saturated heterocycles. The second kappa shape index (κ2) is 5.08. The molecule has 1 aliphatic rings. The first kappa shape index (κ1) is 12.4. The Morgan fingerprint density at radius 1 is 1.33 bits per heavy atom. The van der Waals surface area contributed by atoms with Crippen LogP contribution in [-0.2, 0) is 6.54 Å². The molecule has 0 spiro atoms. The summed E-state index contributed by atoms with van der Waals surface area (Å²) in [7, 11) is 1.84. The van der Waals surface area contributed by atoms with Crippen molar-refractivity contribution in [2.45, 2.75) is 25.4 Å². The summed E-state index contributed by atoms with van der Waals surface area (Å²) in [5, 5.41) is 2.50. The van der Waals surface area contributed by atoms with E-state index in [-0.39, 0.29) is 5.91 Å². The fourth-order valence-electron chi connectivity index (χ4n) is 1.79. The van der Waals surface area contributed by atoms with Gasteiger partial charge in [-0.25, -0.2) is 4.79 Å². The molecule has 0 unspecified atom stereocenters. The number of hydrogen-bond acceptors (Lipinski definition) is 2. The third-order valence-corrected chi connectivity index (χ3v) is 3.08. The largest absolute Gasteiger partial charge is 0.352 e. The summed E-state index contributed by atoms with van der Waals surface area (Å²) in [6.07, 6.45) is 2.20. The fourth-order valence-corrected chi connectivity index (χ4v) is 1.79. The van der Waals surface area contributed by atoms with Gasteiger partial charge in [-0.3, -0.25) is 4.79 Å². The van der Waals surface area contributed by atoms with Gasteiger partial charge in [-0.05, 0) is 30.5 Å². The third kappa shape index (κ3) is 3.00. The molecule has 0 radical (unpaired) electrons. The number of nitrogens with two attached hydrogens (primary N) is 1. The number of rotatable bonds is 4. The number of nitrogens with zero attached hydrogens (tertiary/aromatic N) is 1. The molecule has 5 heteroatoms. The van der Waals surface area contributed by atoms with E-state index < -0.39 is 6.03 Å². The first-order valence-corrected chi connectivity index (χ1v) is 5.97. The van der Waals surface area contributed by atoms with E-state index >= 15 is 0 Å². The molecule has 3 amide bonds. The van der Waals surface area contributed by atoms with Crippen LogP contribution in [0.4, 0.5) is 4.79 Å². The zero-order valence-corrected chi connectivity index (χ0v) is 10.3. The number of carbonyl (C=O) groups is 2. The molecule has 5 nitrogen and oxygen atoms in total. The molecule has 0 atom stereocenters. The van der Waals surface area contributed by atoms with Crippen LogP contribution in [0.25, 0.3) is 0 Å². The average Bonchev–Trinajstić information content (AvgIpc) is 3.19. The van der Waals surface area contributed by atoms with Crippen LogP contribution in [0, 0.1) is 0 Å². The van der Waals surface area contributed by atoms with Gasteiger partial charge in [-0.2, -0.15) is 0 Å². The van der Waals surface area contributed by atoms with Gasteiger partial charge in [0.25, 0.3) is 5.91 Å². The highest BCUT2D eigenvalue weighted by molar-refractivity contribution is 5.94. The van der Waals surface area contributed by atoms with Gasteiger partial charge in [-0.1, -0.05) is 12.1 Å². The van der Waals surface area contributed by atoms with Gasteiger partial charge >= 0.3 is 6.03 Å². The number of urea groups is 1. The van der Waals surface area contributed by atoms with E-state index in [2.05, 4.69) is 5.32 Å². The quantitative estimate of drug-likeness (QED) is 0.835. The van der Waals surface area contributed by atoms with Crippen LogP contribution in [-0.4, -0.2) is 29.9 Å². The van der Waals surface area contributed by atoms with E-state index in [1.54, 1.807) is 17.0 Å². The molecule has 0 aromatic heterocycles. The van der Waals surface area contributed by atoms with E-state index in [1.165, 1.54) is 0 Å². The Bertz CT molecular complexity index is 452. The van der Waals surface area contributed by atoms with Crippen LogP contribution in [0.5, 0.6) is 0 Å². The molecule has 18 heavy (non-hydrogen) atoms. The van der Waals surface area contributed by atoms with Crippen LogP contribution in [0.1, 0.15) is 28.8 Å². The molecule has 96 valence electrons. The number of hydrogen-bond donors (Lipinski definition) is 2. The molecule has 1 aromatic rings. The van der Waals surface area contributed by atoms with Crippen molar-refractivity contribution < 1.29 is 9.59 Å². The Balaban J connectivity index is 1.98. The lowest BCUT2D eigenvalue weighted by molar-refractivity contribution is 0.0785. The molecule has 0 bridgehead atoms. The molecule has 0 aliphatic heterocycles. The molecule has 1 fully saturated rings. The topological polar surface area (TPSA) is 75.4 Å². The SMILES string of the molecule is CN(C(=O)c1ccc(CNC(N)=O)cc1)C1CC1. The monoisotopic (exact) mass is 247 g/mol.